The van der Waals surface area contributed by atoms with E-state index in [1.54, 1.807) is 23.3 Å². The Hall–Kier alpha value is -2.54. The van der Waals surface area contributed by atoms with E-state index in [0.29, 0.717) is 25.4 Å². The predicted molar refractivity (Wildman–Crippen MR) is 114 cm³/mol. The molecule has 6 nitrogen and oxygen atoms in total. The van der Waals surface area contributed by atoms with Crippen LogP contribution >= 0.6 is 11.3 Å². The van der Waals surface area contributed by atoms with E-state index in [4.69, 9.17) is 9.47 Å². The highest BCUT2D eigenvalue weighted by atomic mass is 32.1. The summed E-state index contributed by atoms with van der Waals surface area (Å²) in [4.78, 5) is 29.8. The molecule has 1 aliphatic rings. The van der Waals surface area contributed by atoms with E-state index in [1.165, 1.54) is 11.8 Å². The minimum atomic E-state index is -0.167. The molecule has 1 aromatic carbocycles. The lowest BCUT2D eigenvalue weighted by Crippen LogP contribution is -2.47. The summed E-state index contributed by atoms with van der Waals surface area (Å²) < 4.78 is 11.3. The third-order valence-electron chi connectivity index (χ3n) is 5.13. The summed E-state index contributed by atoms with van der Waals surface area (Å²) in [6.45, 7) is 5.21. The number of methoxy groups -OCH3 is 1. The highest BCUT2D eigenvalue weighted by molar-refractivity contribution is 7.10. The van der Waals surface area contributed by atoms with Gasteiger partial charge >= 0.3 is 0 Å². The Bertz CT molecular complexity index is 851. The number of benzene rings is 1. The van der Waals surface area contributed by atoms with Crippen LogP contribution in [0.5, 0.6) is 11.5 Å². The maximum Gasteiger partial charge on any atom is 0.242 e. The molecule has 0 radical (unpaired) electrons. The highest BCUT2D eigenvalue weighted by Crippen LogP contribution is 2.34. The number of ether oxygens (including phenoxy) is 2. The van der Waals surface area contributed by atoms with Gasteiger partial charge in [-0.1, -0.05) is 13.0 Å². The molecule has 156 valence electrons. The maximum absolute atomic E-state index is 13.1. The van der Waals surface area contributed by atoms with Crippen LogP contribution in [0.25, 0.3) is 0 Å². The standard InChI is InChI=1S/C22H28N2O4S/c1-4-10-23(16(2)25)14-22(26)24-11-8-21-19(9-12-29-21)20(24)15-28-18-7-5-6-17(13-18)27-3/h5-7,9,12-13,20H,4,8,10-11,14-15H2,1-3H3/t20-/m1/s1. The molecule has 0 saturated carbocycles. The predicted octanol–water partition coefficient (Wildman–Crippen LogP) is 3.52. The van der Waals surface area contributed by atoms with Crippen molar-refractivity contribution in [3.63, 3.8) is 0 Å². The van der Waals surface area contributed by atoms with Crippen molar-refractivity contribution in [2.24, 2.45) is 0 Å². The van der Waals surface area contributed by atoms with Crippen LogP contribution in [0.4, 0.5) is 0 Å². The molecule has 7 heteroatoms. The SMILES string of the molecule is CCCN(CC(=O)N1CCc2sccc2[C@H]1COc1cccc(OC)c1)C(C)=O. The van der Waals surface area contributed by atoms with Crippen LogP contribution in [0, 0.1) is 0 Å². The van der Waals surface area contributed by atoms with Crippen molar-refractivity contribution in [1.82, 2.24) is 9.80 Å². The fourth-order valence-electron chi connectivity index (χ4n) is 3.61. The summed E-state index contributed by atoms with van der Waals surface area (Å²) in [5.41, 5.74) is 1.14. The molecular weight excluding hydrogens is 388 g/mol. The largest absolute Gasteiger partial charge is 0.497 e. The highest BCUT2D eigenvalue weighted by Gasteiger charge is 2.33. The van der Waals surface area contributed by atoms with Gasteiger partial charge in [-0.05, 0) is 42.0 Å². The van der Waals surface area contributed by atoms with Crippen LogP contribution in [0.3, 0.4) is 0 Å². The first-order valence-electron chi connectivity index (χ1n) is 9.91. The Balaban J connectivity index is 1.76. The zero-order valence-corrected chi connectivity index (χ0v) is 18.0. The molecular formula is C22H28N2O4S. The van der Waals surface area contributed by atoms with E-state index < -0.39 is 0 Å². The quantitative estimate of drug-likeness (QED) is 0.661. The number of thiophene rings is 1. The fourth-order valence-corrected chi connectivity index (χ4v) is 4.54. The van der Waals surface area contributed by atoms with Gasteiger partial charge < -0.3 is 19.3 Å². The molecule has 29 heavy (non-hydrogen) atoms. The van der Waals surface area contributed by atoms with Gasteiger partial charge in [0.2, 0.25) is 11.8 Å². The number of hydrogen-bond acceptors (Lipinski definition) is 5. The fraction of sp³-hybridized carbons (Fsp3) is 0.455. The van der Waals surface area contributed by atoms with Gasteiger partial charge in [-0.25, -0.2) is 0 Å². The van der Waals surface area contributed by atoms with Crippen molar-refractivity contribution in [2.45, 2.75) is 32.7 Å². The normalized spacial score (nSPS) is 15.6. The Labute approximate surface area is 176 Å². The molecule has 2 amide bonds. The van der Waals surface area contributed by atoms with E-state index in [-0.39, 0.29) is 24.4 Å². The number of nitrogens with zero attached hydrogens (tertiary/aromatic N) is 2. The van der Waals surface area contributed by atoms with Gasteiger partial charge in [0.1, 0.15) is 18.1 Å². The van der Waals surface area contributed by atoms with Crippen molar-refractivity contribution in [1.29, 1.82) is 0 Å². The Kier molecular flexibility index (Phi) is 7.14. The van der Waals surface area contributed by atoms with E-state index in [1.807, 2.05) is 36.1 Å². The molecule has 0 unspecified atom stereocenters. The first-order valence-corrected chi connectivity index (χ1v) is 10.8. The minimum absolute atomic E-state index is 0.0373. The Morgan fingerprint density at radius 2 is 2.07 bits per heavy atom. The van der Waals surface area contributed by atoms with Crippen molar-refractivity contribution >= 4 is 23.2 Å². The van der Waals surface area contributed by atoms with Gasteiger partial charge in [0, 0.05) is 31.0 Å². The van der Waals surface area contributed by atoms with Crippen molar-refractivity contribution in [2.75, 3.05) is 33.4 Å². The average Bonchev–Trinajstić information content (AvgIpc) is 3.20. The zero-order valence-electron chi connectivity index (χ0n) is 17.2. The van der Waals surface area contributed by atoms with Gasteiger partial charge in [-0.2, -0.15) is 0 Å². The Morgan fingerprint density at radius 1 is 1.28 bits per heavy atom. The van der Waals surface area contributed by atoms with Crippen molar-refractivity contribution in [3.05, 3.63) is 46.2 Å². The smallest absolute Gasteiger partial charge is 0.242 e. The second kappa shape index (κ2) is 9.78. The van der Waals surface area contributed by atoms with Crippen LogP contribution < -0.4 is 9.47 Å². The molecule has 1 aliphatic heterocycles. The van der Waals surface area contributed by atoms with Gasteiger partial charge in [0.15, 0.2) is 0 Å². The van der Waals surface area contributed by atoms with Gasteiger partial charge in [0.05, 0.1) is 19.7 Å². The summed E-state index contributed by atoms with van der Waals surface area (Å²) in [6, 6.07) is 9.37. The van der Waals surface area contributed by atoms with Crippen LogP contribution in [0.15, 0.2) is 35.7 Å². The van der Waals surface area contributed by atoms with E-state index in [9.17, 15) is 9.59 Å². The number of rotatable bonds is 8. The van der Waals surface area contributed by atoms with Gasteiger partial charge in [0.25, 0.3) is 0 Å². The van der Waals surface area contributed by atoms with Crippen LogP contribution in [0.2, 0.25) is 0 Å². The lowest BCUT2D eigenvalue weighted by atomic mass is 10.0. The molecule has 3 rings (SSSR count). The van der Waals surface area contributed by atoms with Crippen LogP contribution in [-0.2, 0) is 16.0 Å². The monoisotopic (exact) mass is 416 g/mol. The van der Waals surface area contributed by atoms with Crippen molar-refractivity contribution in [3.8, 4) is 11.5 Å². The average molecular weight is 417 g/mol. The summed E-state index contributed by atoms with van der Waals surface area (Å²) in [5.74, 6) is 1.32. The number of fused-ring (bicyclic) bond motifs is 1. The van der Waals surface area contributed by atoms with Gasteiger partial charge in [-0.3, -0.25) is 9.59 Å². The van der Waals surface area contributed by atoms with Crippen LogP contribution in [0.1, 0.15) is 36.8 Å². The zero-order chi connectivity index (χ0) is 20.8. The molecule has 0 bridgehead atoms. The number of carbonyl (C=O) groups excluding carboxylic acids is 2. The molecule has 1 atom stereocenters. The lowest BCUT2D eigenvalue weighted by Gasteiger charge is -2.37. The summed E-state index contributed by atoms with van der Waals surface area (Å²) >= 11 is 1.72. The molecule has 2 heterocycles. The van der Waals surface area contributed by atoms with Crippen molar-refractivity contribution < 1.29 is 19.1 Å². The number of hydrogen-bond donors (Lipinski definition) is 0. The van der Waals surface area contributed by atoms with E-state index in [2.05, 4.69) is 11.4 Å². The van der Waals surface area contributed by atoms with Crippen LogP contribution in [-0.4, -0.2) is 55.0 Å². The number of carbonyl (C=O) groups is 2. The maximum atomic E-state index is 13.1. The summed E-state index contributed by atoms with van der Waals surface area (Å²) in [5, 5.41) is 2.07. The van der Waals surface area contributed by atoms with E-state index >= 15 is 0 Å². The third-order valence-corrected chi connectivity index (χ3v) is 6.13. The Morgan fingerprint density at radius 3 is 2.79 bits per heavy atom. The van der Waals surface area contributed by atoms with E-state index in [0.717, 1.165) is 24.2 Å². The topological polar surface area (TPSA) is 59.1 Å². The molecule has 0 spiro atoms. The summed E-state index contributed by atoms with van der Waals surface area (Å²) in [7, 11) is 1.62. The number of amides is 2. The molecule has 1 aromatic heterocycles. The second-order valence-corrected chi connectivity index (χ2v) is 8.08. The first kappa shape index (κ1) is 21.2. The molecule has 0 fully saturated rings. The molecule has 0 N–H and O–H groups in total. The minimum Gasteiger partial charge on any atom is -0.497 e. The molecule has 0 aliphatic carbocycles. The third kappa shape index (κ3) is 5.09. The first-order chi connectivity index (χ1) is 14.0. The van der Waals surface area contributed by atoms with Gasteiger partial charge in [-0.15, -0.1) is 11.3 Å². The molecule has 2 aromatic rings. The lowest BCUT2D eigenvalue weighted by molar-refractivity contribution is -0.141. The summed E-state index contributed by atoms with van der Waals surface area (Å²) in [6.07, 6.45) is 1.66. The second-order valence-electron chi connectivity index (χ2n) is 7.08. The molecule has 0 saturated heterocycles.